The Labute approximate surface area is 164 Å². The summed E-state index contributed by atoms with van der Waals surface area (Å²) in [6.07, 6.45) is 1.95. The number of hydrogen-bond donors (Lipinski definition) is 2. The molecule has 0 spiro atoms. The van der Waals surface area contributed by atoms with Gasteiger partial charge in [-0.25, -0.2) is 4.98 Å². The third kappa shape index (κ3) is 6.02. The second-order valence-corrected chi connectivity index (χ2v) is 6.09. The summed E-state index contributed by atoms with van der Waals surface area (Å²) in [7, 11) is 1.65. The smallest absolute Gasteiger partial charge is 0.228 e. The lowest BCUT2D eigenvalue weighted by molar-refractivity contribution is -0.116. The molecule has 144 valence electrons. The fraction of sp³-hybridized carbons (Fsp3) is 0.182. The third-order valence-corrected chi connectivity index (χ3v) is 4.03. The number of para-hydroxylation sites is 1. The van der Waals surface area contributed by atoms with Crippen molar-refractivity contribution in [3.05, 3.63) is 78.5 Å². The zero-order chi connectivity index (χ0) is 19.6. The summed E-state index contributed by atoms with van der Waals surface area (Å²) in [6.45, 7) is 0.992. The number of carbonyl (C=O) groups is 1. The van der Waals surface area contributed by atoms with Gasteiger partial charge in [-0.05, 0) is 42.0 Å². The molecule has 2 aromatic carbocycles. The Hall–Kier alpha value is -3.54. The number of anilines is 2. The van der Waals surface area contributed by atoms with Crippen LogP contribution in [0.15, 0.2) is 72.9 Å². The molecule has 28 heavy (non-hydrogen) atoms. The molecule has 0 aliphatic carbocycles. The van der Waals surface area contributed by atoms with Gasteiger partial charge in [0.2, 0.25) is 5.91 Å². The van der Waals surface area contributed by atoms with Crippen molar-refractivity contribution in [3.8, 4) is 11.5 Å². The van der Waals surface area contributed by atoms with E-state index in [1.807, 2.05) is 60.7 Å². The summed E-state index contributed by atoms with van der Waals surface area (Å²) in [5.74, 6) is 1.96. The minimum atomic E-state index is -0.137. The Morgan fingerprint density at radius 1 is 0.964 bits per heavy atom. The van der Waals surface area contributed by atoms with E-state index in [0.29, 0.717) is 19.0 Å². The van der Waals surface area contributed by atoms with Crippen molar-refractivity contribution in [1.82, 2.24) is 4.98 Å². The maximum Gasteiger partial charge on any atom is 0.228 e. The van der Waals surface area contributed by atoms with Gasteiger partial charge in [0.1, 0.15) is 17.3 Å². The van der Waals surface area contributed by atoms with Gasteiger partial charge >= 0.3 is 0 Å². The molecular formula is C22H23N3O3. The predicted molar refractivity (Wildman–Crippen MR) is 110 cm³/mol. The van der Waals surface area contributed by atoms with E-state index >= 15 is 0 Å². The number of ether oxygens (including phenoxy) is 2. The molecule has 0 aliphatic rings. The Morgan fingerprint density at radius 2 is 1.75 bits per heavy atom. The predicted octanol–water partition coefficient (Wildman–Crippen LogP) is 4.11. The number of rotatable bonds is 9. The maximum atomic E-state index is 12.0. The number of methoxy groups -OCH3 is 1. The van der Waals surface area contributed by atoms with Crippen LogP contribution in [0.25, 0.3) is 0 Å². The topological polar surface area (TPSA) is 72.5 Å². The molecule has 1 heterocycles. The normalized spacial score (nSPS) is 10.2. The van der Waals surface area contributed by atoms with Crippen molar-refractivity contribution < 1.29 is 14.3 Å². The van der Waals surface area contributed by atoms with Crippen molar-refractivity contribution in [2.24, 2.45) is 0 Å². The first-order valence-electron chi connectivity index (χ1n) is 9.03. The Morgan fingerprint density at radius 3 is 2.43 bits per heavy atom. The molecule has 0 atom stereocenters. The van der Waals surface area contributed by atoms with Gasteiger partial charge in [-0.2, -0.15) is 0 Å². The van der Waals surface area contributed by atoms with Crippen molar-refractivity contribution in [2.45, 2.75) is 13.0 Å². The molecule has 1 aromatic heterocycles. The van der Waals surface area contributed by atoms with E-state index in [0.717, 1.165) is 22.7 Å². The Kier molecular flexibility index (Phi) is 6.84. The fourth-order valence-electron chi connectivity index (χ4n) is 2.50. The molecule has 0 fully saturated rings. The van der Waals surface area contributed by atoms with Gasteiger partial charge in [-0.3, -0.25) is 4.79 Å². The van der Waals surface area contributed by atoms with Gasteiger partial charge in [0.15, 0.2) is 0 Å². The van der Waals surface area contributed by atoms with Crippen molar-refractivity contribution in [3.63, 3.8) is 0 Å². The number of carbonyl (C=O) groups excluding carboxylic acids is 1. The van der Waals surface area contributed by atoms with Crippen molar-refractivity contribution >= 4 is 17.4 Å². The van der Waals surface area contributed by atoms with Crippen LogP contribution in [0.3, 0.4) is 0 Å². The lowest BCUT2D eigenvalue weighted by atomic mass is 10.2. The number of nitrogens with zero attached hydrogens (tertiary/aromatic N) is 1. The van der Waals surface area contributed by atoms with Gasteiger partial charge in [0, 0.05) is 6.54 Å². The highest BCUT2D eigenvalue weighted by atomic mass is 16.5. The van der Waals surface area contributed by atoms with Crippen molar-refractivity contribution in [1.29, 1.82) is 0 Å². The van der Waals surface area contributed by atoms with Gasteiger partial charge < -0.3 is 20.1 Å². The second kappa shape index (κ2) is 9.97. The zero-order valence-electron chi connectivity index (χ0n) is 15.7. The minimum absolute atomic E-state index is 0.137. The van der Waals surface area contributed by atoms with Gasteiger partial charge in [0.25, 0.3) is 0 Å². The van der Waals surface area contributed by atoms with E-state index in [1.165, 1.54) is 0 Å². The average molecular weight is 377 g/mol. The second-order valence-electron chi connectivity index (χ2n) is 6.09. The van der Waals surface area contributed by atoms with E-state index in [9.17, 15) is 4.79 Å². The number of nitrogens with one attached hydrogen (secondary N) is 2. The number of amides is 1. The minimum Gasteiger partial charge on any atom is -0.497 e. The monoisotopic (exact) mass is 377 g/mol. The first-order chi connectivity index (χ1) is 13.7. The SMILES string of the molecule is COc1ccc(CNc2ccc(NC(=O)CCOc3ccccc3)nc2)cc1. The fourth-order valence-corrected chi connectivity index (χ4v) is 2.50. The van der Waals surface area contributed by atoms with E-state index in [4.69, 9.17) is 9.47 Å². The molecule has 6 nitrogen and oxygen atoms in total. The highest BCUT2D eigenvalue weighted by Gasteiger charge is 2.04. The van der Waals surface area contributed by atoms with Crippen molar-refractivity contribution in [2.75, 3.05) is 24.4 Å². The standard InChI is InChI=1S/C22H23N3O3/c1-27-19-10-7-17(8-11-19)15-23-18-9-12-21(24-16-18)25-22(26)13-14-28-20-5-3-2-4-6-20/h2-12,16,23H,13-15H2,1H3,(H,24,25,26). The largest absolute Gasteiger partial charge is 0.497 e. The summed E-state index contributed by atoms with van der Waals surface area (Å²) < 4.78 is 10.7. The molecule has 0 bridgehead atoms. The maximum absolute atomic E-state index is 12.0. The number of aromatic nitrogens is 1. The lowest BCUT2D eigenvalue weighted by Crippen LogP contribution is -2.16. The number of hydrogen-bond acceptors (Lipinski definition) is 5. The van der Waals surface area contributed by atoms with E-state index in [-0.39, 0.29) is 12.3 Å². The zero-order valence-corrected chi connectivity index (χ0v) is 15.7. The summed E-state index contributed by atoms with van der Waals surface area (Å²) in [5, 5.41) is 6.07. The third-order valence-electron chi connectivity index (χ3n) is 4.03. The highest BCUT2D eigenvalue weighted by Crippen LogP contribution is 2.15. The average Bonchev–Trinajstić information content (AvgIpc) is 2.74. The van der Waals surface area contributed by atoms with Crippen LogP contribution in [0.2, 0.25) is 0 Å². The molecular weight excluding hydrogens is 354 g/mol. The summed E-state index contributed by atoms with van der Waals surface area (Å²) in [5.41, 5.74) is 2.01. The van der Waals surface area contributed by atoms with Crippen LogP contribution in [-0.2, 0) is 11.3 Å². The molecule has 1 amide bonds. The van der Waals surface area contributed by atoms with Gasteiger partial charge in [-0.1, -0.05) is 30.3 Å². The molecule has 6 heteroatoms. The molecule has 3 aromatic rings. The molecule has 0 radical (unpaired) electrons. The molecule has 0 saturated heterocycles. The highest BCUT2D eigenvalue weighted by molar-refractivity contribution is 5.89. The van der Waals surface area contributed by atoms with E-state index in [2.05, 4.69) is 15.6 Å². The molecule has 0 unspecified atom stereocenters. The van der Waals surface area contributed by atoms with E-state index in [1.54, 1.807) is 19.4 Å². The Balaban J connectivity index is 1.41. The van der Waals surface area contributed by atoms with Crippen LogP contribution >= 0.6 is 0 Å². The summed E-state index contributed by atoms with van der Waals surface area (Å²) in [4.78, 5) is 16.3. The van der Waals surface area contributed by atoms with Crippen LogP contribution in [-0.4, -0.2) is 24.6 Å². The molecule has 2 N–H and O–H groups in total. The quantitative estimate of drug-likeness (QED) is 0.587. The van der Waals surface area contributed by atoms with Crippen LogP contribution in [0, 0.1) is 0 Å². The summed E-state index contributed by atoms with van der Waals surface area (Å²) in [6, 6.07) is 20.9. The van der Waals surface area contributed by atoms with Crippen LogP contribution in [0.5, 0.6) is 11.5 Å². The molecule has 0 saturated carbocycles. The molecule has 0 aliphatic heterocycles. The van der Waals surface area contributed by atoms with Gasteiger partial charge in [-0.15, -0.1) is 0 Å². The first-order valence-corrected chi connectivity index (χ1v) is 9.03. The Bertz CT molecular complexity index is 866. The first kappa shape index (κ1) is 19.2. The van der Waals surface area contributed by atoms with Crippen LogP contribution < -0.4 is 20.1 Å². The molecule has 3 rings (SSSR count). The lowest BCUT2D eigenvalue weighted by Gasteiger charge is -2.09. The van der Waals surface area contributed by atoms with Crippen LogP contribution in [0.1, 0.15) is 12.0 Å². The summed E-state index contributed by atoms with van der Waals surface area (Å²) >= 11 is 0. The van der Waals surface area contributed by atoms with Crippen LogP contribution in [0.4, 0.5) is 11.5 Å². The van der Waals surface area contributed by atoms with E-state index < -0.39 is 0 Å². The number of pyridine rings is 1. The van der Waals surface area contributed by atoms with Gasteiger partial charge in [0.05, 0.1) is 32.0 Å². The number of benzene rings is 2.